The number of benzene rings is 1. The molecule has 0 heterocycles. The minimum atomic E-state index is -0.550. The molecule has 1 aromatic rings. The van der Waals surface area contributed by atoms with Crippen LogP contribution in [0.1, 0.15) is 26.3 Å². The van der Waals surface area contributed by atoms with Gasteiger partial charge in [-0.05, 0) is 45.0 Å². The van der Waals surface area contributed by atoms with Crippen molar-refractivity contribution in [2.24, 2.45) is 5.73 Å². The maximum Gasteiger partial charge on any atom is 0.408 e. The number of nitrogens with two attached hydrogens (primary N) is 1. The van der Waals surface area contributed by atoms with E-state index in [2.05, 4.69) is 5.32 Å². The topological polar surface area (TPSA) is 73.6 Å². The zero-order chi connectivity index (χ0) is 15.9. The first-order valence-corrected chi connectivity index (χ1v) is 7.13. The number of ether oxygens (including phenoxy) is 2. The van der Waals surface area contributed by atoms with Gasteiger partial charge in [0.15, 0.2) is 0 Å². The monoisotopic (exact) mass is 310 g/mol. The van der Waals surface area contributed by atoms with Gasteiger partial charge in [0.2, 0.25) is 0 Å². The van der Waals surface area contributed by atoms with E-state index in [1.54, 1.807) is 0 Å². The maximum absolute atomic E-state index is 11.9. The van der Waals surface area contributed by atoms with Crippen molar-refractivity contribution in [1.82, 2.24) is 5.32 Å². The minimum absolute atomic E-state index is 0.0425. The van der Waals surface area contributed by atoms with Crippen LogP contribution in [0.5, 0.6) is 0 Å². The van der Waals surface area contributed by atoms with E-state index in [4.69, 9.17) is 27.4 Å². The minimum Gasteiger partial charge on any atom is -0.469 e. The Balaban J connectivity index is 2.63. The fraction of sp³-hybridized carbons (Fsp3) is 0.467. The summed E-state index contributed by atoms with van der Waals surface area (Å²) in [6.45, 7) is 5.63. The standard InChI is InChI=1S/C15H22N2O3S/c1-15(2,3)20-14(18)17-12(10-19-13(16)21)9-11-7-5-4-6-8-11/h4-8,12H,9-10H2,1-3H3,(H2,16,21)(H,17,18). The molecule has 5 nitrogen and oxygen atoms in total. The second-order valence-electron chi connectivity index (χ2n) is 5.66. The van der Waals surface area contributed by atoms with Gasteiger partial charge in [-0.15, -0.1) is 0 Å². The molecule has 0 aliphatic rings. The summed E-state index contributed by atoms with van der Waals surface area (Å²) in [5, 5.41) is 2.73. The SMILES string of the molecule is CC(C)(C)OC(=O)NC(COC(N)=S)Cc1ccccc1. The van der Waals surface area contributed by atoms with Gasteiger partial charge < -0.3 is 20.5 Å². The molecule has 0 bridgehead atoms. The Morgan fingerprint density at radius 2 is 1.95 bits per heavy atom. The molecule has 0 saturated carbocycles. The summed E-state index contributed by atoms with van der Waals surface area (Å²) in [6.07, 6.45) is 0.109. The van der Waals surface area contributed by atoms with Crippen molar-refractivity contribution in [3.05, 3.63) is 35.9 Å². The van der Waals surface area contributed by atoms with Crippen LogP contribution < -0.4 is 11.1 Å². The van der Waals surface area contributed by atoms with Crippen molar-refractivity contribution in [1.29, 1.82) is 0 Å². The largest absolute Gasteiger partial charge is 0.469 e. The van der Waals surface area contributed by atoms with Gasteiger partial charge in [0.1, 0.15) is 12.2 Å². The first kappa shape index (κ1) is 17.2. The van der Waals surface area contributed by atoms with E-state index >= 15 is 0 Å². The van der Waals surface area contributed by atoms with Gasteiger partial charge in [0, 0.05) is 0 Å². The van der Waals surface area contributed by atoms with E-state index in [-0.39, 0.29) is 17.8 Å². The van der Waals surface area contributed by atoms with E-state index in [0.717, 1.165) is 5.56 Å². The quantitative estimate of drug-likeness (QED) is 0.817. The zero-order valence-corrected chi connectivity index (χ0v) is 13.4. The predicted molar refractivity (Wildman–Crippen MR) is 86.0 cm³/mol. The Kier molecular flexibility index (Phi) is 6.42. The molecular weight excluding hydrogens is 288 g/mol. The molecule has 0 spiro atoms. The number of alkyl carbamates (subject to hydrolysis) is 1. The van der Waals surface area contributed by atoms with Crippen molar-refractivity contribution < 1.29 is 14.3 Å². The van der Waals surface area contributed by atoms with Crippen LogP contribution in [-0.4, -0.2) is 29.5 Å². The highest BCUT2D eigenvalue weighted by Crippen LogP contribution is 2.08. The molecule has 0 aliphatic heterocycles. The molecule has 0 saturated heterocycles. The molecule has 0 radical (unpaired) electrons. The van der Waals surface area contributed by atoms with Crippen LogP contribution in [0.2, 0.25) is 0 Å². The van der Waals surface area contributed by atoms with Crippen LogP contribution in [0.25, 0.3) is 0 Å². The summed E-state index contributed by atoms with van der Waals surface area (Å²) in [5.74, 6) is 0. The molecule has 1 atom stereocenters. The number of amides is 1. The molecule has 6 heteroatoms. The predicted octanol–water partition coefficient (Wildman–Crippen LogP) is 2.38. The van der Waals surface area contributed by atoms with Gasteiger partial charge in [-0.2, -0.15) is 0 Å². The van der Waals surface area contributed by atoms with Crippen LogP contribution in [0.15, 0.2) is 30.3 Å². The van der Waals surface area contributed by atoms with E-state index in [1.165, 1.54) is 0 Å². The van der Waals surface area contributed by atoms with Crippen molar-refractivity contribution >= 4 is 23.5 Å². The summed E-state index contributed by atoms with van der Waals surface area (Å²) in [6, 6.07) is 9.49. The van der Waals surface area contributed by atoms with Gasteiger partial charge >= 0.3 is 6.09 Å². The third-order valence-corrected chi connectivity index (χ3v) is 2.59. The first-order chi connectivity index (χ1) is 9.76. The fourth-order valence-electron chi connectivity index (χ4n) is 1.71. The summed E-state index contributed by atoms with van der Waals surface area (Å²) in [5.41, 5.74) is 5.86. The highest BCUT2D eigenvalue weighted by Gasteiger charge is 2.20. The summed E-state index contributed by atoms with van der Waals surface area (Å²) < 4.78 is 10.4. The Morgan fingerprint density at radius 3 is 2.48 bits per heavy atom. The smallest absolute Gasteiger partial charge is 0.408 e. The lowest BCUT2D eigenvalue weighted by Crippen LogP contribution is -2.43. The average molecular weight is 310 g/mol. The molecule has 0 aromatic heterocycles. The van der Waals surface area contributed by atoms with Gasteiger partial charge in [-0.1, -0.05) is 30.3 Å². The fourth-order valence-corrected chi connectivity index (χ4v) is 1.78. The zero-order valence-electron chi connectivity index (χ0n) is 12.6. The Hall–Kier alpha value is -1.82. The summed E-state index contributed by atoms with van der Waals surface area (Å²) >= 11 is 4.69. The van der Waals surface area contributed by atoms with Crippen molar-refractivity contribution in [2.75, 3.05) is 6.61 Å². The van der Waals surface area contributed by atoms with Crippen LogP contribution in [0, 0.1) is 0 Å². The lowest BCUT2D eigenvalue weighted by Gasteiger charge is -2.23. The van der Waals surface area contributed by atoms with Crippen molar-refractivity contribution in [3.8, 4) is 0 Å². The van der Waals surface area contributed by atoms with Gasteiger partial charge in [0.25, 0.3) is 5.17 Å². The third-order valence-electron chi connectivity index (χ3n) is 2.47. The molecule has 1 amide bonds. The normalized spacial score (nSPS) is 12.3. The van der Waals surface area contributed by atoms with Gasteiger partial charge in [-0.25, -0.2) is 4.79 Å². The van der Waals surface area contributed by atoms with Crippen LogP contribution in [0.3, 0.4) is 0 Å². The summed E-state index contributed by atoms with van der Waals surface area (Å²) in [7, 11) is 0. The third kappa shape index (κ3) is 8.14. The first-order valence-electron chi connectivity index (χ1n) is 6.72. The second kappa shape index (κ2) is 7.83. The van der Waals surface area contributed by atoms with Gasteiger partial charge in [0.05, 0.1) is 6.04 Å². The van der Waals surface area contributed by atoms with Crippen LogP contribution >= 0.6 is 12.2 Å². The highest BCUT2D eigenvalue weighted by atomic mass is 32.1. The van der Waals surface area contributed by atoms with E-state index < -0.39 is 11.7 Å². The van der Waals surface area contributed by atoms with E-state index in [1.807, 2.05) is 51.1 Å². The maximum atomic E-state index is 11.9. The van der Waals surface area contributed by atoms with E-state index in [0.29, 0.717) is 6.42 Å². The van der Waals surface area contributed by atoms with Crippen molar-refractivity contribution in [3.63, 3.8) is 0 Å². The number of hydrogen-bond donors (Lipinski definition) is 2. The average Bonchev–Trinajstić information content (AvgIpc) is 2.34. The molecule has 3 N–H and O–H groups in total. The molecule has 0 fully saturated rings. The number of carbonyl (C=O) groups is 1. The second-order valence-corrected chi connectivity index (χ2v) is 6.07. The lowest BCUT2D eigenvalue weighted by molar-refractivity contribution is 0.0486. The number of carbonyl (C=O) groups excluding carboxylic acids is 1. The number of rotatable bonds is 5. The molecule has 0 aliphatic carbocycles. The number of thiocarbonyl (C=S) groups is 1. The van der Waals surface area contributed by atoms with Crippen molar-refractivity contribution in [2.45, 2.75) is 38.8 Å². The molecule has 1 rings (SSSR count). The lowest BCUT2D eigenvalue weighted by atomic mass is 10.1. The molecular formula is C15H22N2O3S. The van der Waals surface area contributed by atoms with Crippen LogP contribution in [-0.2, 0) is 15.9 Å². The Labute approximate surface area is 130 Å². The number of hydrogen-bond acceptors (Lipinski definition) is 4. The Morgan fingerprint density at radius 1 is 1.33 bits per heavy atom. The van der Waals surface area contributed by atoms with Crippen LogP contribution in [0.4, 0.5) is 4.79 Å². The summed E-state index contributed by atoms with van der Waals surface area (Å²) in [4.78, 5) is 11.9. The molecule has 1 aromatic carbocycles. The Bertz CT molecular complexity index is 472. The number of nitrogens with one attached hydrogen (secondary N) is 1. The molecule has 116 valence electrons. The highest BCUT2D eigenvalue weighted by molar-refractivity contribution is 7.80. The van der Waals surface area contributed by atoms with Gasteiger partial charge in [-0.3, -0.25) is 0 Å². The van der Waals surface area contributed by atoms with E-state index in [9.17, 15) is 4.79 Å². The molecule has 21 heavy (non-hydrogen) atoms. The molecule has 1 unspecified atom stereocenters.